The van der Waals surface area contributed by atoms with Gasteiger partial charge >= 0.3 is 0 Å². The second-order valence-electron chi connectivity index (χ2n) is 4.29. The van der Waals surface area contributed by atoms with Crippen LogP contribution in [0.25, 0.3) is 0 Å². The van der Waals surface area contributed by atoms with Crippen LogP contribution in [0.5, 0.6) is 0 Å². The van der Waals surface area contributed by atoms with Gasteiger partial charge in [-0.15, -0.1) is 11.3 Å². The normalized spacial score (nSPS) is 14.4. The fourth-order valence-corrected chi connectivity index (χ4v) is 3.05. The molecule has 1 heterocycles. The fourth-order valence-electron chi connectivity index (χ4n) is 1.93. The average Bonchev–Trinajstić information content (AvgIpc) is 2.85. The van der Waals surface area contributed by atoms with Crippen molar-refractivity contribution >= 4 is 27.3 Å². The van der Waals surface area contributed by atoms with E-state index in [0.29, 0.717) is 5.56 Å². The highest BCUT2D eigenvalue weighted by molar-refractivity contribution is 9.10. The van der Waals surface area contributed by atoms with E-state index in [1.54, 1.807) is 17.4 Å². The molecule has 4 heteroatoms. The molecule has 0 fully saturated rings. The molecule has 0 aliphatic carbocycles. The van der Waals surface area contributed by atoms with E-state index in [2.05, 4.69) is 39.6 Å². The molecule has 0 spiro atoms. The number of rotatable bonds is 4. The van der Waals surface area contributed by atoms with E-state index in [4.69, 9.17) is 0 Å². The maximum absolute atomic E-state index is 13.8. The molecule has 2 aromatic rings. The summed E-state index contributed by atoms with van der Waals surface area (Å²) in [5.41, 5.74) is 0.688. The summed E-state index contributed by atoms with van der Waals surface area (Å²) in [5.74, 6) is -0.170. The highest BCUT2D eigenvalue weighted by Crippen LogP contribution is 2.25. The quantitative estimate of drug-likeness (QED) is 0.827. The molecule has 1 N–H and O–H groups in total. The molecule has 2 atom stereocenters. The molecule has 1 nitrogen and oxygen atoms in total. The Bertz CT molecular complexity index is 513. The Kier molecular flexibility index (Phi) is 4.54. The van der Waals surface area contributed by atoms with Crippen molar-refractivity contribution in [2.75, 3.05) is 0 Å². The first kappa shape index (κ1) is 13.7. The average molecular weight is 328 g/mol. The van der Waals surface area contributed by atoms with Gasteiger partial charge in [-0.2, -0.15) is 0 Å². The summed E-state index contributed by atoms with van der Waals surface area (Å²) in [6, 6.07) is 9.35. The lowest BCUT2D eigenvalue weighted by molar-refractivity contribution is 0.478. The minimum absolute atomic E-state index is 0.0281. The first-order valence-corrected chi connectivity index (χ1v) is 7.49. The van der Waals surface area contributed by atoms with Crippen LogP contribution >= 0.6 is 27.3 Å². The molecule has 0 aliphatic rings. The van der Waals surface area contributed by atoms with Crippen LogP contribution in [0.1, 0.15) is 36.4 Å². The van der Waals surface area contributed by atoms with Gasteiger partial charge in [0.25, 0.3) is 0 Å². The van der Waals surface area contributed by atoms with Crippen molar-refractivity contribution < 1.29 is 4.39 Å². The van der Waals surface area contributed by atoms with Gasteiger partial charge < -0.3 is 5.32 Å². The van der Waals surface area contributed by atoms with Crippen LogP contribution in [0.3, 0.4) is 0 Å². The molecule has 1 aromatic heterocycles. The molecule has 2 rings (SSSR count). The lowest BCUT2D eigenvalue weighted by Crippen LogP contribution is -2.22. The van der Waals surface area contributed by atoms with E-state index >= 15 is 0 Å². The SMILES string of the molecule is CC(N[C@H](C)c1cccs1)c1cc(Br)ccc1F. The fraction of sp³-hybridized carbons (Fsp3) is 0.286. The topological polar surface area (TPSA) is 12.0 Å². The smallest absolute Gasteiger partial charge is 0.128 e. The second kappa shape index (κ2) is 5.95. The maximum atomic E-state index is 13.8. The molecule has 0 bridgehead atoms. The summed E-state index contributed by atoms with van der Waals surface area (Å²) < 4.78 is 14.7. The number of nitrogens with one attached hydrogen (secondary N) is 1. The summed E-state index contributed by atoms with van der Waals surface area (Å²) in [6.07, 6.45) is 0. The molecule has 1 unspecified atom stereocenters. The molecular formula is C14H15BrFNS. The summed E-state index contributed by atoms with van der Waals surface area (Å²) in [7, 11) is 0. The van der Waals surface area contributed by atoms with E-state index in [1.165, 1.54) is 10.9 Å². The Morgan fingerprint density at radius 1 is 1.22 bits per heavy atom. The molecule has 18 heavy (non-hydrogen) atoms. The molecule has 0 amide bonds. The zero-order chi connectivity index (χ0) is 13.1. The van der Waals surface area contributed by atoms with Gasteiger partial charge in [0.2, 0.25) is 0 Å². The predicted molar refractivity (Wildman–Crippen MR) is 78.4 cm³/mol. The highest BCUT2D eigenvalue weighted by atomic mass is 79.9. The molecule has 96 valence electrons. The number of hydrogen-bond donors (Lipinski definition) is 1. The first-order valence-electron chi connectivity index (χ1n) is 5.82. The lowest BCUT2D eigenvalue weighted by atomic mass is 10.1. The van der Waals surface area contributed by atoms with E-state index in [-0.39, 0.29) is 17.9 Å². The van der Waals surface area contributed by atoms with Gasteiger partial charge in [0.1, 0.15) is 5.82 Å². The van der Waals surface area contributed by atoms with Crippen molar-refractivity contribution in [3.63, 3.8) is 0 Å². The minimum Gasteiger partial charge on any atom is -0.303 e. The van der Waals surface area contributed by atoms with Crippen LogP contribution in [0.4, 0.5) is 4.39 Å². The first-order chi connectivity index (χ1) is 8.58. The third-order valence-electron chi connectivity index (χ3n) is 2.89. The maximum Gasteiger partial charge on any atom is 0.128 e. The van der Waals surface area contributed by atoms with Crippen LogP contribution in [0.15, 0.2) is 40.2 Å². The predicted octanol–water partition coefficient (Wildman–Crippen LogP) is 5.06. The standard InChI is InChI=1S/C14H15BrFNS/c1-9(12-8-11(15)5-6-13(12)16)17-10(2)14-4-3-7-18-14/h3-10,17H,1-2H3/t9?,10-/m1/s1. The van der Waals surface area contributed by atoms with Crippen LogP contribution in [-0.4, -0.2) is 0 Å². The van der Waals surface area contributed by atoms with Gasteiger partial charge in [-0.1, -0.05) is 22.0 Å². The number of halogens is 2. The van der Waals surface area contributed by atoms with Crippen molar-refractivity contribution in [2.45, 2.75) is 25.9 Å². The van der Waals surface area contributed by atoms with Crippen molar-refractivity contribution in [3.8, 4) is 0 Å². The Labute approximate surface area is 119 Å². The van der Waals surface area contributed by atoms with E-state index < -0.39 is 0 Å². The third-order valence-corrected chi connectivity index (χ3v) is 4.44. The van der Waals surface area contributed by atoms with Crippen LogP contribution in [-0.2, 0) is 0 Å². The Balaban J connectivity index is 2.12. The number of thiophene rings is 1. The van der Waals surface area contributed by atoms with Crippen molar-refractivity contribution in [2.24, 2.45) is 0 Å². The number of hydrogen-bond acceptors (Lipinski definition) is 2. The van der Waals surface area contributed by atoms with Crippen LogP contribution in [0.2, 0.25) is 0 Å². The van der Waals surface area contributed by atoms with E-state index in [9.17, 15) is 4.39 Å². The Hall–Kier alpha value is -0.710. The molecule has 1 aromatic carbocycles. The Morgan fingerprint density at radius 3 is 2.67 bits per heavy atom. The molecule has 0 saturated heterocycles. The van der Waals surface area contributed by atoms with Crippen molar-refractivity contribution in [1.82, 2.24) is 5.32 Å². The van der Waals surface area contributed by atoms with E-state index in [1.807, 2.05) is 19.1 Å². The Morgan fingerprint density at radius 2 is 2.00 bits per heavy atom. The summed E-state index contributed by atoms with van der Waals surface area (Å²) >= 11 is 5.09. The van der Waals surface area contributed by atoms with Gasteiger partial charge in [0.05, 0.1) is 0 Å². The molecule has 0 saturated carbocycles. The van der Waals surface area contributed by atoms with Crippen LogP contribution < -0.4 is 5.32 Å². The summed E-state index contributed by atoms with van der Waals surface area (Å²) in [4.78, 5) is 1.26. The van der Waals surface area contributed by atoms with Gasteiger partial charge in [-0.25, -0.2) is 4.39 Å². The third kappa shape index (κ3) is 3.19. The zero-order valence-corrected chi connectivity index (χ0v) is 12.7. The minimum atomic E-state index is -0.170. The molecular weight excluding hydrogens is 313 g/mol. The van der Waals surface area contributed by atoms with Gasteiger partial charge in [-0.05, 0) is 43.5 Å². The van der Waals surface area contributed by atoms with Crippen molar-refractivity contribution in [3.05, 3.63) is 56.4 Å². The van der Waals surface area contributed by atoms with Crippen LogP contribution in [0, 0.1) is 5.82 Å². The monoisotopic (exact) mass is 327 g/mol. The summed E-state index contributed by atoms with van der Waals surface area (Å²) in [6.45, 7) is 4.08. The number of benzene rings is 1. The van der Waals surface area contributed by atoms with Gasteiger partial charge in [0.15, 0.2) is 0 Å². The molecule has 0 aliphatic heterocycles. The highest BCUT2D eigenvalue weighted by Gasteiger charge is 2.15. The van der Waals surface area contributed by atoms with Crippen molar-refractivity contribution in [1.29, 1.82) is 0 Å². The zero-order valence-electron chi connectivity index (χ0n) is 10.3. The second-order valence-corrected chi connectivity index (χ2v) is 6.19. The molecule has 0 radical (unpaired) electrons. The largest absolute Gasteiger partial charge is 0.303 e. The summed E-state index contributed by atoms with van der Waals surface area (Å²) in [5, 5.41) is 5.47. The van der Waals surface area contributed by atoms with E-state index in [0.717, 1.165) is 4.47 Å². The van der Waals surface area contributed by atoms with Gasteiger partial charge in [0, 0.05) is 27.0 Å². The lowest BCUT2D eigenvalue weighted by Gasteiger charge is -2.20. The van der Waals surface area contributed by atoms with Gasteiger partial charge in [-0.3, -0.25) is 0 Å².